The monoisotopic (exact) mass is 394 g/mol. The predicted octanol–water partition coefficient (Wildman–Crippen LogP) is 3.41. The topological polar surface area (TPSA) is 76.7 Å². The largest absolute Gasteiger partial charge is 0.449 e. The Labute approximate surface area is 170 Å². The van der Waals surface area contributed by atoms with Gasteiger partial charge in [0.25, 0.3) is 0 Å². The summed E-state index contributed by atoms with van der Waals surface area (Å²) in [6, 6.07) is 16.3. The van der Waals surface area contributed by atoms with E-state index < -0.39 is 6.09 Å². The Morgan fingerprint density at radius 3 is 2.24 bits per heavy atom. The van der Waals surface area contributed by atoms with Crippen LogP contribution < -0.4 is 10.6 Å². The minimum absolute atomic E-state index is 0.000659. The Kier molecular flexibility index (Phi) is 5.81. The summed E-state index contributed by atoms with van der Waals surface area (Å²) < 4.78 is 11.0. The molecule has 2 aliphatic rings. The highest BCUT2D eigenvalue weighted by Crippen LogP contribution is 2.44. The zero-order valence-electron chi connectivity index (χ0n) is 16.5. The molecule has 6 nitrogen and oxygen atoms in total. The zero-order chi connectivity index (χ0) is 20.2. The van der Waals surface area contributed by atoms with Crippen LogP contribution in [0.25, 0.3) is 11.1 Å². The van der Waals surface area contributed by atoms with Crippen molar-refractivity contribution in [1.82, 2.24) is 10.6 Å². The summed E-state index contributed by atoms with van der Waals surface area (Å²) in [5.74, 6) is 0.312. The summed E-state index contributed by atoms with van der Waals surface area (Å²) in [5.41, 5.74) is 4.66. The van der Waals surface area contributed by atoms with Crippen molar-refractivity contribution in [2.24, 2.45) is 5.92 Å². The lowest BCUT2D eigenvalue weighted by Gasteiger charge is -2.15. The Hall–Kier alpha value is -2.86. The van der Waals surface area contributed by atoms with Gasteiger partial charge in [0, 0.05) is 5.92 Å². The van der Waals surface area contributed by atoms with Gasteiger partial charge in [0.2, 0.25) is 5.91 Å². The maximum Gasteiger partial charge on any atom is 0.407 e. The summed E-state index contributed by atoms with van der Waals surface area (Å²) in [4.78, 5) is 23.9. The molecule has 1 saturated carbocycles. The third-order valence-corrected chi connectivity index (χ3v) is 5.64. The van der Waals surface area contributed by atoms with Gasteiger partial charge in [-0.15, -0.1) is 0 Å². The summed E-state index contributed by atoms with van der Waals surface area (Å²) in [5, 5.41) is 5.14. The lowest BCUT2D eigenvalue weighted by molar-refractivity contribution is -0.122. The average Bonchev–Trinajstić information content (AvgIpc) is 3.54. The second kappa shape index (κ2) is 8.66. The number of carbonyl (C=O) groups excluding carboxylic acids is 2. The van der Waals surface area contributed by atoms with Crippen LogP contribution in [-0.4, -0.2) is 38.0 Å². The van der Waals surface area contributed by atoms with E-state index in [1.165, 1.54) is 24.0 Å². The third kappa shape index (κ3) is 4.59. The normalized spacial score (nSPS) is 15.9. The highest BCUT2D eigenvalue weighted by molar-refractivity contribution is 5.82. The summed E-state index contributed by atoms with van der Waals surface area (Å²) in [6.45, 7) is 2.25. The van der Waals surface area contributed by atoms with Crippen molar-refractivity contribution in [3.8, 4) is 11.1 Å². The highest BCUT2D eigenvalue weighted by Gasteiger charge is 2.29. The van der Waals surface area contributed by atoms with Crippen LogP contribution >= 0.6 is 0 Å². The van der Waals surface area contributed by atoms with Crippen LogP contribution in [0.1, 0.15) is 36.8 Å². The van der Waals surface area contributed by atoms with E-state index in [-0.39, 0.29) is 37.8 Å². The van der Waals surface area contributed by atoms with Gasteiger partial charge in [-0.25, -0.2) is 4.79 Å². The van der Waals surface area contributed by atoms with Gasteiger partial charge in [0.1, 0.15) is 19.9 Å². The molecule has 29 heavy (non-hydrogen) atoms. The fraction of sp³-hybridized carbons (Fsp3) is 0.391. The number of carbonyl (C=O) groups is 2. The van der Waals surface area contributed by atoms with Crippen molar-refractivity contribution in [2.45, 2.75) is 31.8 Å². The number of alkyl carbamates (subject to hydrolysis) is 1. The molecule has 2 aliphatic carbocycles. The first-order chi connectivity index (χ1) is 14.1. The van der Waals surface area contributed by atoms with E-state index in [0.29, 0.717) is 5.92 Å². The molecule has 0 aromatic heterocycles. The Bertz CT molecular complexity index is 848. The number of nitrogens with one attached hydrogen (secondary N) is 2. The smallest absolute Gasteiger partial charge is 0.407 e. The van der Waals surface area contributed by atoms with Gasteiger partial charge in [-0.05, 0) is 47.9 Å². The molecule has 4 rings (SSSR count). The van der Waals surface area contributed by atoms with Gasteiger partial charge >= 0.3 is 6.09 Å². The predicted molar refractivity (Wildman–Crippen MR) is 109 cm³/mol. The number of ether oxygens (including phenoxy) is 2. The van der Waals surface area contributed by atoms with Gasteiger partial charge < -0.3 is 20.1 Å². The van der Waals surface area contributed by atoms with E-state index >= 15 is 0 Å². The second-order valence-electron chi connectivity index (χ2n) is 7.63. The Balaban J connectivity index is 1.23. The van der Waals surface area contributed by atoms with Crippen molar-refractivity contribution in [3.05, 3.63) is 59.7 Å². The van der Waals surface area contributed by atoms with E-state index in [2.05, 4.69) is 34.9 Å². The quantitative estimate of drug-likeness (QED) is 0.673. The van der Waals surface area contributed by atoms with E-state index in [1.807, 2.05) is 31.2 Å². The molecule has 1 unspecified atom stereocenters. The van der Waals surface area contributed by atoms with E-state index in [1.54, 1.807) is 0 Å². The van der Waals surface area contributed by atoms with Crippen LogP contribution in [0.5, 0.6) is 0 Å². The van der Waals surface area contributed by atoms with Crippen LogP contribution in [0.3, 0.4) is 0 Å². The Morgan fingerprint density at radius 2 is 1.62 bits per heavy atom. The van der Waals surface area contributed by atoms with Crippen molar-refractivity contribution >= 4 is 12.0 Å². The maximum atomic E-state index is 12.1. The van der Waals surface area contributed by atoms with Gasteiger partial charge in [0.15, 0.2) is 0 Å². The molecule has 1 atom stereocenters. The summed E-state index contributed by atoms with van der Waals surface area (Å²) >= 11 is 0. The van der Waals surface area contributed by atoms with Crippen LogP contribution in [-0.2, 0) is 14.3 Å². The summed E-state index contributed by atoms with van der Waals surface area (Å²) in [7, 11) is 0. The van der Waals surface area contributed by atoms with Gasteiger partial charge in [-0.3, -0.25) is 4.79 Å². The molecule has 152 valence electrons. The molecule has 1 fully saturated rings. The molecule has 0 bridgehead atoms. The molecule has 0 aliphatic heterocycles. The molecule has 0 saturated heterocycles. The number of fused-ring (bicyclic) bond motifs is 3. The number of rotatable bonds is 8. The van der Waals surface area contributed by atoms with Gasteiger partial charge in [0.05, 0.1) is 6.10 Å². The molecule has 2 aromatic carbocycles. The number of benzene rings is 2. The molecular formula is C23H26N2O4. The first kappa shape index (κ1) is 19.5. The molecular weight excluding hydrogens is 368 g/mol. The minimum atomic E-state index is -0.603. The molecule has 2 aromatic rings. The molecule has 0 heterocycles. The fourth-order valence-corrected chi connectivity index (χ4v) is 3.82. The molecule has 0 radical (unpaired) electrons. The SMILES string of the molecule is CC(OCNC(=O)CNC(=O)OCC1c2ccccc2-c2ccccc21)C1CC1. The van der Waals surface area contributed by atoms with Crippen molar-refractivity contribution < 1.29 is 19.1 Å². The molecule has 6 heteroatoms. The maximum absolute atomic E-state index is 12.1. The molecule has 2 N–H and O–H groups in total. The second-order valence-corrected chi connectivity index (χ2v) is 7.63. The highest BCUT2D eigenvalue weighted by atomic mass is 16.5. The van der Waals surface area contributed by atoms with Gasteiger partial charge in [-0.1, -0.05) is 48.5 Å². The van der Waals surface area contributed by atoms with Crippen LogP contribution in [0, 0.1) is 5.92 Å². The summed E-state index contributed by atoms with van der Waals surface area (Å²) in [6.07, 6.45) is 1.94. The molecule has 2 amide bonds. The number of hydrogen-bond donors (Lipinski definition) is 2. The van der Waals surface area contributed by atoms with Gasteiger partial charge in [-0.2, -0.15) is 0 Å². The van der Waals surface area contributed by atoms with Crippen molar-refractivity contribution in [1.29, 1.82) is 0 Å². The lowest BCUT2D eigenvalue weighted by Crippen LogP contribution is -2.39. The van der Waals surface area contributed by atoms with E-state index in [4.69, 9.17) is 9.47 Å². The van der Waals surface area contributed by atoms with Crippen molar-refractivity contribution in [3.63, 3.8) is 0 Å². The standard InChI is InChI=1S/C23H26N2O4/c1-15(16-10-11-16)29-14-25-22(26)12-24-23(27)28-13-21-19-8-4-2-6-17(19)18-7-3-5-9-20(18)21/h2-9,15-16,21H,10-14H2,1H3,(H,24,27)(H,25,26). The average molecular weight is 394 g/mol. The Morgan fingerprint density at radius 1 is 1.00 bits per heavy atom. The van der Waals surface area contributed by atoms with Crippen LogP contribution in [0.4, 0.5) is 4.79 Å². The van der Waals surface area contributed by atoms with Crippen molar-refractivity contribution in [2.75, 3.05) is 19.9 Å². The zero-order valence-corrected chi connectivity index (χ0v) is 16.5. The van der Waals surface area contributed by atoms with E-state index in [9.17, 15) is 9.59 Å². The number of hydrogen-bond acceptors (Lipinski definition) is 4. The van der Waals surface area contributed by atoms with Crippen LogP contribution in [0.15, 0.2) is 48.5 Å². The third-order valence-electron chi connectivity index (χ3n) is 5.64. The fourth-order valence-electron chi connectivity index (χ4n) is 3.82. The lowest BCUT2D eigenvalue weighted by atomic mass is 9.98. The first-order valence-electron chi connectivity index (χ1n) is 10.1. The molecule has 0 spiro atoms. The van der Waals surface area contributed by atoms with Crippen LogP contribution in [0.2, 0.25) is 0 Å². The van der Waals surface area contributed by atoms with E-state index in [0.717, 1.165) is 11.1 Å². The first-order valence-corrected chi connectivity index (χ1v) is 10.1. The minimum Gasteiger partial charge on any atom is -0.449 e. The number of amides is 2.